The van der Waals surface area contributed by atoms with E-state index in [1.165, 1.54) is 0 Å². The van der Waals surface area contributed by atoms with Gasteiger partial charge >= 0.3 is 0 Å². The van der Waals surface area contributed by atoms with Crippen LogP contribution in [0.1, 0.15) is 17.7 Å². The largest absolute Gasteiger partial charge is 0.467 e. The summed E-state index contributed by atoms with van der Waals surface area (Å²) in [5.74, 6) is 0.173. The minimum Gasteiger partial charge on any atom is -0.467 e. The van der Waals surface area contributed by atoms with Crippen molar-refractivity contribution in [1.82, 2.24) is 20.0 Å². The Labute approximate surface area is 191 Å². The summed E-state index contributed by atoms with van der Waals surface area (Å²) in [6.45, 7) is 1.11. The van der Waals surface area contributed by atoms with E-state index < -0.39 is 0 Å². The van der Waals surface area contributed by atoms with Crippen LogP contribution >= 0.6 is 0 Å². The second kappa shape index (κ2) is 9.16. The first-order chi connectivity index (χ1) is 16.2. The van der Waals surface area contributed by atoms with E-state index in [1.807, 2.05) is 77.6 Å². The predicted octanol–water partition coefficient (Wildman–Crippen LogP) is 3.80. The number of carbonyl (C=O) groups excluding carboxylic acids is 2. The molecule has 5 rings (SSSR count). The minimum atomic E-state index is -0.378. The number of carbonyl (C=O) groups is 2. The van der Waals surface area contributed by atoms with Gasteiger partial charge in [-0.3, -0.25) is 9.59 Å². The van der Waals surface area contributed by atoms with Crippen LogP contribution in [-0.2, 0) is 22.7 Å². The number of benzene rings is 2. The van der Waals surface area contributed by atoms with Gasteiger partial charge in [0.2, 0.25) is 11.8 Å². The first kappa shape index (κ1) is 20.8. The van der Waals surface area contributed by atoms with Crippen molar-refractivity contribution < 1.29 is 14.0 Å². The Morgan fingerprint density at radius 1 is 1.03 bits per heavy atom. The summed E-state index contributed by atoms with van der Waals surface area (Å²) in [5.41, 5.74) is 3.66. The third-order valence-electron chi connectivity index (χ3n) is 5.82. The van der Waals surface area contributed by atoms with Crippen molar-refractivity contribution in [2.24, 2.45) is 5.92 Å². The van der Waals surface area contributed by atoms with Gasteiger partial charge in [0.05, 0.1) is 30.1 Å². The van der Waals surface area contributed by atoms with Crippen LogP contribution in [0.15, 0.2) is 89.7 Å². The maximum atomic E-state index is 12.9. The molecule has 0 unspecified atom stereocenters. The van der Waals surface area contributed by atoms with E-state index in [2.05, 4.69) is 5.32 Å². The molecule has 0 radical (unpaired) electrons. The molecule has 1 N–H and O–H groups in total. The molecule has 1 saturated heterocycles. The molecule has 2 amide bonds. The van der Waals surface area contributed by atoms with Crippen LogP contribution < -0.4 is 5.32 Å². The monoisotopic (exact) mass is 440 g/mol. The number of hydrogen-bond acceptors (Lipinski definition) is 4. The maximum Gasteiger partial charge on any atom is 0.225 e. The molecule has 2 aromatic heterocycles. The normalized spacial score (nSPS) is 15.7. The van der Waals surface area contributed by atoms with Crippen molar-refractivity contribution in [2.75, 3.05) is 6.54 Å². The van der Waals surface area contributed by atoms with E-state index in [1.54, 1.807) is 17.2 Å². The van der Waals surface area contributed by atoms with E-state index in [9.17, 15) is 9.59 Å². The number of furan rings is 1. The SMILES string of the molecule is O=C(NCc1cn(-c2ccccc2)nc1-c1ccccc1)[C@@H]1CC(=O)N(Cc2ccco2)C1. The highest BCUT2D eigenvalue weighted by molar-refractivity contribution is 5.89. The summed E-state index contributed by atoms with van der Waals surface area (Å²) in [4.78, 5) is 26.9. The molecule has 166 valence electrons. The lowest BCUT2D eigenvalue weighted by molar-refractivity contribution is -0.129. The van der Waals surface area contributed by atoms with Crippen LogP contribution in [0.25, 0.3) is 16.9 Å². The van der Waals surface area contributed by atoms with Crippen molar-refractivity contribution in [3.05, 3.63) is 96.6 Å². The molecule has 0 spiro atoms. The lowest BCUT2D eigenvalue weighted by atomic mass is 10.1. The Balaban J connectivity index is 1.30. The standard InChI is InChI=1S/C26H24N4O3/c31-24-14-20(16-29(24)18-23-12-7-13-33-23)26(32)27-15-21-17-30(22-10-5-2-6-11-22)28-25(21)19-8-3-1-4-9-19/h1-13,17,20H,14-16,18H2,(H,27,32)/t20-/m1/s1. The first-order valence-electron chi connectivity index (χ1n) is 10.9. The van der Waals surface area contributed by atoms with Crippen LogP contribution in [0.4, 0.5) is 0 Å². The lowest BCUT2D eigenvalue weighted by Gasteiger charge is -2.15. The van der Waals surface area contributed by atoms with Gasteiger partial charge in [0.15, 0.2) is 0 Å². The van der Waals surface area contributed by atoms with Crippen molar-refractivity contribution in [3.8, 4) is 16.9 Å². The van der Waals surface area contributed by atoms with E-state index in [0.717, 1.165) is 22.5 Å². The fourth-order valence-electron chi connectivity index (χ4n) is 4.11. The van der Waals surface area contributed by atoms with Gasteiger partial charge in [0, 0.05) is 36.8 Å². The summed E-state index contributed by atoms with van der Waals surface area (Å²) in [5, 5.41) is 7.81. The Bertz CT molecular complexity index is 1230. The molecule has 7 heteroatoms. The van der Waals surface area contributed by atoms with Gasteiger partial charge in [-0.1, -0.05) is 48.5 Å². The molecule has 0 bridgehead atoms. The van der Waals surface area contributed by atoms with Gasteiger partial charge in [-0.15, -0.1) is 0 Å². The molecular weight excluding hydrogens is 416 g/mol. The van der Waals surface area contributed by atoms with Crippen LogP contribution in [0, 0.1) is 5.92 Å². The highest BCUT2D eigenvalue weighted by Crippen LogP contribution is 2.25. The Kier molecular flexibility index (Phi) is 5.76. The summed E-state index contributed by atoms with van der Waals surface area (Å²) >= 11 is 0. The number of aromatic nitrogens is 2. The van der Waals surface area contributed by atoms with Crippen molar-refractivity contribution in [2.45, 2.75) is 19.5 Å². The summed E-state index contributed by atoms with van der Waals surface area (Å²) in [6, 6.07) is 23.4. The Hall–Kier alpha value is -4.13. The lowest BCUT2D eigenvalue weighted by Crippen LogP contribution is -2.32. The molecule has 3 heterocycles. The fraction of sp³-hybridized carbons (Fsp3) is 0.192. The van der Waals surface area contributed by atoms with E-state index in [-0.39, 0.29) is 24.2 Å². The van der Waals surface area contributed by atoms with Gasteiger partial charge in [-0.2, -0.15) is 5.10 Å². The average Bonchev–Trinajstić information content (AvgIpc) is 3.60. The molecule has 1 atom stereocenters. The number of rotatable bonds is 7. The number of likely N-dealkylation sites (tertiary alicyclic amines) is 1. The second-order valence-electron chi connectivity index (χ2n) is 8.12. The Morgan fingerprint density at radius 3 is 2.52 bits per heavy atom. The van der Waals surface area contributed by atoms with Gasteiger partial charge < -0.3 is 14.6 Å². The van der Waals surface area contributed by atoms with Gasteiger partial charge in [0.1, 0.15) is 5.76 Å². The van der Waals surface area contributed by atoms with Gasteiger partial charge in [0.25, 0.3) is 0 Å². The van der Waals surface area contributed by atoms with Crippen LogP contribution in [-0.4, -0.2) is 33.0 Å². The summed E-state index contributed by atoms with van der Waals surface area (Å²) in [6.07, 6.45) is 3.74. The van der Waals surface area contributed by atoms with E-state index in [4.69, 9.17) is 9.52 Å². The number of para-hydroxylation sites is 1. The summed E-state index contributed by atoms with van der Waals surface area (Å²) < 4.78 is 7.16. The minimum absolute atomic E-state index is 0.0339. The zero-order chi connectivity index (χ0) is 22.6. The van der Waals surface area contributed by atoms with Crippen molar-refractivity contribution in [3.63, 3.8) is 0 Å². The van der Waals surface area contributed by atoms with Crippen molar-refractivity contribution >= 4 is 11.8 Å². The van der Waals surface area contributed by atoms with Gasteiger partial charge in [-0.05, 0) is 24.3 Å². The molecule has 1 aliphatic heterocycles. The zero-order valence-corrected chi connectivity index (χ0v) is 18.1. The highest BCUT2D eigenvalue weighted by Gasteiger charge is 2.34. The highest BCUT2D eigenvalue weighted by atomic mass is 16.3. The quantitative estimate of drug-likeness (QED) is 0.474. The fourth-order valence-corrected chi connectivity index (χ4v) is 4.11. The summed E-state index contributed by atoms with van der Waals surface area (Å²) in [7, 11) is 0. The number of nitrogens with zero attached hydrogens (tertiary/aromatic N) is 3. The number of hydrogen-bond donors (Lipinski definition) is 1. The third-order valence-corrected chi connectivity index (χ3v) is 5.82. The maximum absolute atomic E-state index is 12.9. The van der Waals surface area contributed by atoms with E-state index >= 15 is 0 Å². The molecule has 0 aliphatic carbocycles. The average molecular weight is 441 g/mol. The van der Waals surface area contributed by atoms with Crippen LogP contribution in [0.3, 0.4) is 0 Å². The van der Waals surface area contributed by atoms with Crippen molar-refractivity contribution in [1.29, 1.82) is 0 Å². The molecule has 4 aromatic rings. The van der Waals surface area contributed by atoms with Crippen LogP contribution in [0.5, 0.6) is 0 Å². The topological polar surface area (TPSA) is 80.4 Å². The molecule has 1 aliphatic rings. The molecule has 1 fully saturated rings. The molecule has 2 aromatic carbocycles. The molecule has 7 nitrogen and oxygen atoms in total. The first-order valence-corrected chi connectivity index (χ1v) is 10.9. The predicted molar refractivity (Wildman–Crippen MR) is 123 cm³/mol. The molecule has 33 heavy (non-hydrogen) atoms. The van der Waals surface area contributed by atoms with E-state index in [0.29, 0.717) is 25.4 Å². The number of nitrogens with one attached hydrogen (secondary N) is 1. The van der Waals surface area contributed by atoms with Gasteiger partial charge in [-0.25, -0.2) is 4.68 Å². The Morgan fingerprint density at radius 2 is 1.79 bits per heavy atom. The molecular formula is C26H24N4O3. The number of amides is 2. The molecule has 0 saturated carbocycles. The third kappa shape index (κ3) is 4.57. The zero-order valence-electron chi connectivity index (χ0n) is 18.1. The smallest absolute Gasteiger partial charge is 0.225 e. The second-order valence-corrected chi connectivity index (χ2v) is 8.12. The van der Waals surface area contributed by atoms with Crippen LogP contribution in [0.2, 0.25) is 0 Å².